The summed E-state index contributed by atoms with van der Waals surface area (Å²) in [5.74, 6) is 1.13. The van der Waals surface area contributed by atoms with Crippen LogP contribution in [0, 0.1) is 17.7 Å². The van der Waals surface area contributed by atoms with Gasteiger partial charge >= 0.3 is 0 Å². The molecule has 108 valence electrons. The van der Waals surface area contributed by atoms with Crippen molar-refractivity contribution in [2.75, 3.05) is 26.7 Å². The average molecular weight is 266 g/mol. The minimum absolute atomic E-state index is 0.155. The second-order valence-corrected chi connectivity index (χ2v) is 5.98. The van der Waals surface area contributed by atoms with Gasteiger partial charge in [0.1, 0.15) is 5.82 Å². The van der Waals surface area contributed by atoms with Crippen LogP contribution >= 0.6 is 0 Å². The smallest absolute Gasteiger partial charge is 0.123 e. The number of nitrogens with one attached hydrogen (secondary N) is 1. The number of halogens is 1. The molecule has 0 aliphatic heterocycles. The molecule has 0 saturated carbocycles. The molecule has 0 fully saturated rings. The largest absolute Gasteiger partial charge is 0.316 e. The van der Waals surface area contributed by atoms with Gasteiger partial charge in [0.15, 0.2) is 0 Å². The van der Waals surface area contributed by atoms with Gasteiger partial charge in [-0.1, -0.05) is 32.9 Å². The van der Waals surface area contributed by atoms with E-state index in [4.69, 9.17) is 0 Å². The highest BCUT2D eigenvalue weighted by atomic mass is 19.1. The van der Waals surface area contributed by atoms with Crippen molar-refractivity contribution in [1.82, 2.24) is 10.2 Å². The Bertz CT molecular complexity index is 366. The van der Waals surface area contributed by atoms with E-state index in [-0.39, 0.29) is 5.82 Å². The Kier molecular flexibility index (Phi) is 7.03. The molecule has 1 aromatic carbocycles. The van der Waals surface area contributed by atoms with Gasteiger partial charge in [-0.2, -0.15) is 0 Å². The van der Waals surface area contributed by atoms with Crippen LogP contribution in [0.1, 0.15) is 26.3 Å². The van der Waals surface area contributed by atoms with E-state index < -0.39 is 0 Å². The summed E-state index contributed by atoms with van der Waals surface area (Å²) in [5.41, 5.74) is 1.03. The topological polar surface area (TPSA) is 15.3 Å². The van der Waals surface area contributed by atoms with Crippen molar-refractivity contribution in [3.63, 3.8) is 0 Å². The fourth-order valence-electron chi connectivity index (χ4n) is 2.23. The molecule has 0 aliphatic rings. The minimum atomic E-state index is -0.155. The summed E-state index contributed by atoms with van der Waals surface area (Å²) >= 11 is 0. The fraction of sp³-hybridized carbons (Fsp3) is 0.625. The Balaban J connectivity index is 2.28. The third-order valence-electron chi connectivity index (χ3n) is 3.01. The third kappa shape index (κ3) is 7.28. The van der Waals surface area contributed by atoms with Crippen LogP contribution in [0.25, 0.3) is 0 Å². The number of nitrogens with zero attached hydrogens (tertiary/aromatic N) is 1. The summed E-state index contributed by atoms with van der Waals surface area (Å²) in [6.45, 7) is 10.6. The lowest BCUT2D eigenvalue weighted by Crippen LogP contribution is -2.32. The molecule has 1 rings (SSSR count). The van der Waals surface area contributed by atoms with Crippen LogP contribution < -0.4 is 5.32 Å². The highest BCUT2D eigenvalue weighted by Crippen LogP contribution is 2.07. The van der Waals surface area contributed by atoms with E-state index in [1.807, 2.05) is 6.07 Å². The van der Waals surface area contributed by atoms with E-state index in [2.05, 4.69) is 38.0 Å². The van der Waals surface area contributed by atoms with Crippen LogP contribution in [0.4, 0.5) is 4.39 Å². The first-order valence-electron chi connectivity index (χ1n) is 7.11. The van der Waals surface area contributed by atoms with Crippen LogP contribution in [-0.2, 0) is 6.54 Å². The second kappa shape index (κ2) is 8.28. The Morgan fingerprint density at radius 1 is 1.21 bits per heavy atom. The van der Waals surface area contributed by atoms with E-state index in [0.29, 0.717) is 11.8 Å². The molecule has 1 aromatic rings. The van der Waals surface area contributed by atoms with Crippen LogP contribution in [0.3, 0.4) is 0 Å². The van der Waals surface area contributed by atoms with Crippen molar-refractivity contribution in [3.05, 3.63) is 35.6 Å². The van der Waals surface area contributed by atoms with Gasteiger partial charge in [0.05, 0.1) is 0 Å². The molecule has 0 aliphatic carbocycles. The molecule has 1 atom stereocenters. The summed E-state index contributed by atoms with van der Waals surface area (Å²) in [4.78, 5) is 2.25. The van der Waals surface area contributed by atoms with Crippen molar-refractivity contribution in [2.45, 2.75) is 27.3 Å². The zero-order chi connectivity index (χ0) is 14.3. The fourth-order valence-corrected chi connectivity index (χ4v) is 2.23. The van der Waals surface area contributed by atoms with Crippen molar-refractivity contribution in [2.24, 2.45) is 11.8 Å². The van der Waals surface area contributed by atoms with Gasteiger partial charge in [-0.05, 0) is 49.7 Å². The number of benzene rings is 1. The maximum atomic E-state index is 13.1. The Labute approximate surface area is 117 Å². The summed E-state index contributed by atoms with van der Waals surface area (Å²) < 4.78 is 13.1. The zero-order valence-electron chi connectivity index (χ0n) is 12.6. The van der Waals surface area contributed by atoms with Gasteiger partial charge in [0, 0.05) is 13.1 Å². The average Bonchev–Trinajstić information content (AvgIpc) is 2.27. The molecule has 0 spiro atoms. The third-order valence-corrected chi connectivity index (χ3v) is 3.01. The zero-order valence-corrected chi connectivity index (χ0v) is 12.6. The van der Waals surface area contributed by atoms with Crippen LogP contribution in [0.2, 0.25) is 0 Å². The summed E-state index contributed by atoms with van der Waals surface area (Å²) in [6, 6.07) is 6.84. The standard InChI is InChI=1S/C16H27FN2/c1-13(2)9-18-10-14(3)11-19(4)12-15-6-5-7-16(17)8-15/h5-8,13-14,18H,9-12H2,1-4H3. The second-order valence-electron chi connectivity index (χ2n) is 5.98. The van der Waals surface area contributed by atoms with Gasteiger partial charge < -0.3 is 10.2 Å². The highest BCUT2D eigenvalue weighted by Gasteiger charge is 2.07. The van der Waals surface area contributed by atoms with Crippen molar-refractivity contribution < 1.29 is 4.39 Å². The molecule has 19 heavy (non-hydrogen) atoms. The van der Waals surface area contributed by atoms with E-state index in [1.165, 1.54) is 6.07 Å². The number of hydrogen-bond donors (Lipinski definition) is 1. The predicted octanol–water partition coefficient (Wildman–Crippen LogP) is 3.14. The molecule has 0 aromatic heterocycles. The molecule has 0 radical (unpaired) electrons. The summed E-state index contributed by atoms with van der Waals surface area (Å²) in [6.07, 6.45) is 0. The van der Waals surface area contributed by atoms with Gasteiger partial charge in [-0.15, -0.1) is 0 Å². The Morgan fingerprint density at radius 2 is 1.95 bits per heavy atom. The summed E-state index contributed by atoms with van der Waals surface area (Å²) in [7, 11) is 2.09. The predicted molar refractivity (Wildman–Crippen MR) is 79.6 cm³/mol. The monoisotopic (exact) mass is 266 g/mol. The lowest BCUT2D eigenvalue weighted by atomic mass is 10.1. The maximum absolute atomic E-state index is 13.1. The SMILES string of the molecule is CC(C)CNCC(C)CN(C)Cc1cccc(F)c1. The molecular weight excluding hydrogens is 239 g/mol. The Morgan fingerprint density at radius 3 is 2.58 bits per heavy atom. The molecule has 1 N–H and O–H groups in total. The molecule has 2 nitrogen and oxygen atoms in total. The van der Waals surface area contributed by atoms with Crippen LogP contribution in [0.15, 0.2) is 24.3 Å². The molecule has 0 saturated heterocycles. The molecule has 0 heterocycles. The highest BCUT2D eigenvalue weighted by molar-refractivity contribution is 5.15. The molecule has 0 bridgehead atoms. The van der Waals surface area contributed by atoms with Crippen LogP contribution in [-0.4, -0.2) is 31.6 Å². The van der Waals surface area contributed by atoms with E-state index in [0.717, 1.165) is 31.7 Å². The first-order valence-corrected chi connectivity index (χ1v) is 7.11. The summed E-state index contributed by atoms with van der Waals surface area (Å²) in [5, 5.41) is 3.48. The van der Waals surface area contributed by atoms with Gasteiger partial charge in [-0.3, -0.25) is 0 Å². The van der Waals surface area contributed by atoms with E-state index in [1.54, 1.807) is 12.1 Å². The molecule has 1 unspecified atom stereocenters. The van der Waals surface area contributed by atoms with Crippen molar-refractivity contribution in [1.29, 1.82) is 0 Å². The number of hydrogen-bond acceptors (Lipinski definition) is 2. The first-order chi connectivity index (χ1) is 8.97. The number of rotatable bonds is 8. The van der Waals surface area contributed by atoms with Gasteiger partial charge in [0.2, 0.25) is 0 Å². The lowest BCUT2D eigenvalue weighted by Gasteiger charge is -2.22. The van der Waals surface area contributed by atoms with E-state index in [9.17, 15) is 4.39 Å². The van der Waals surface area contributed by atoms with Crippen molar-refractivity contribution >= 4 is 0 Å². The van der Waals surface area contributed by atoms with Crippen molar-refractivity contribution in [3.8, 4) is 0 Å². The minimum Gasteiger partial charge on any atom is -0.316 e. The normalized spacial score (nSPS) is 13.2. The Hall–Kier alpha value is -0.930. The lowest BCUT2D eigenvalue weighted by molar-refractivity contribution is 0.272. The molecule has 0 amide bonds. The molecular formula is C16H27FN2. The maximum Gasteiger partial charge on any atom is 0.123 e. The van der Waals surface area contributed by atoms with E-state index >= 15 is 0 Å². The van der Waals surface area contributed by atoms with Crippen LogP contribution in [0.5, 0.6) is 0 Å². The van der Waals surface area contributed by atoms with Gasteiger partial charge in [-0.25, -0.2) is 4.39 Å². The molecule has 3 heteroatoms. The quantitative estimate of drug-likeness (QED) is 0.777. The van der Waals surface area contributed by atoms with Gasteiger partial charge in [0.25, 0.3) is 0 Å². The first kappa shape index (κ1) is 16.1.